The van der Waals surface area contributed by atoms with Crippen molar-refractivity contribution in [1.82, 2.24) is 5.32 Å². The van der Waals surface area contributed by atoms with Crippen LogP contribution in [0.5, 0.6) is 5.75 Å². The van der Waals surface area contributed by atoms with Gasteiger partial charge < -0.3 is 15.4 Å². The fourth-order valence-corrected chi connectivity index (χ4v) is 2.20. The summed E-state index contributed by atoms with van der Waals surface area (Å²) < 4.78 is 6.46. The van der Waals surface area contributed by atoms with Crippen LogP contribution in [0.3, 0.4) is 0 Å². The molecule has 0 saturated heterocycles. The number of ether oxygens (including phenoxy) is 1. The zero-order valence-electron chi connectivity index (χ0n) is 11.1. The first-order valence-electron chi connectivity index (χ1n) is 6.32. The molecule has 0 spiro atoms. The first-order chi connectivity index (χ1) is 10.1. The van der Waals surface area contributed by atoms with Gasteiger partial charge in [-0.3, -0.25) is 0 Å². The minimum atomic E-state index is -0.296. The van der Waals surface area contributed by atoms with Crippen LogP contribution in [0.15, 0.2) is 53.0 Å². The van der Waals surface area contributed by atoms with Gasteiger partial charge in [0.15, 0.2) is 0 Å². The van der Waals surface area contributed by atoms with Crippen LogP contribution >= 0.6 is 27.5 Å². The van der Waals surface area contributed by atoms with Crippen LogP contribution in [0.25, 0.3) is 0 Å². The van der Waals surface area contributed by atoms with Crippen molar-refractivity contribution in [2.45, 2.75) is 0 Å². The van der Waals surface area contributed by atoms with Crippen LogP contribution in [0, 0.1) is 0 Å². The number of carbonyl (C=O) groups excluding carboxylic acids is 1. The summed E-state index contributed by atoms with van der Waals surface area (Å²) in [5, 5.41) is 5.97. The van der Waals surface area contributed by atoms with Crippen LogP contribution in [0.2, 0.25) is 5.02 Å². The Kier molecular flexibility index (Phi) is 5.90. The zero-order chi connectivity index (χ0) is 15.1. The smallest absolute Gasteiger partial charge is 0.319 e. The van der Waals surface area contributed by atoms with Crippen molar-refractivity contribution >= 4 is 39.2 Å². The summed E-state index contributed by atoms with van der Waals surface area (Å²) in [6, 6.07) is 14.2. The molecule has 2 aromatic carbocycles. The predicted octanol–water partition coefficient (Wildman–Crippen LogP) is 4.30. The lowest BCUT2D eigenvalue weighted by Gasteiger charge is -2.09. The Balaban J connectivity index is 1.70. The maximum absolute atomic E-state index is 11.7. The molecule has 0 aliphatic heterocycles. The lowest BCUT2D eigenvalue weighted by molar-refractivity contribution is 0.247. The molecule has 110 valence electrons. The van der Waals surface area contributed by atoms with Gasteiger partial charge in [-0.05, 0) is 36.4 Å². The average Bonchev–Trinajstić information content (AvgIpc) is 2.44. The summed E-state index contributed by atoms with van der Waals surface area (Å²) in [6.45, 7) is 0.790. The Morgan fingerprint density at radius 1 is 1.19 bits per heavy atom. The Morgan fingerprint density at radius 2 is 2.00 bits per heavy atom. The molecule has 0 fully saturated rings. The summed E-state index contributed by atoms with van der Waals surface area (Å²) in [6.07, 6.45) is 0. The molecule has 2 amide bonds. The van der Waals surface area contributed by atoms with E-state index in [1.54, 1.807) is 24.3 Å². The van der Waals surface area contributed by atoms with Crippen molar-refractivity contribution in [3.63, 3.8) is 0 Å². The van der Waals surface area contributed by atoms with E-state index in [2.05, 4.69) is 26.6 Å². The molecule has 21 heavy (non-hydrogen) atoms. The van der Waals surface area contributed by atoms with Gasteiger partial charge in [0.05, 0.1) is 6.54 Å². The van der Waals surface area contributed by atoms with Gasteiger partial charge in [0.25, 0.3) is 0 Å². The van der Waals surface area contributed by atoms with Gasteiger partial charge >= 0.3 is 6.03 Å². The molecule has 0 aromatic heterocycles. The molecule has 2 aromatic rings. The minimum absolute atomic E-state index is 0.296. The SMILES string of the molecule is O=C(NCCOc1cccc(Br)c1)Nc1cccc(Cl)c1. The van der Waals surface area contributed by atoms with Crippen molar-refractivity contribution in [2.75, 3.05) is 18.5 Å². The molecule has 2 rings (SSSR count). The molecular formula is C15H14BrClN2O2. The van der Waals surface area contributed by atoms with Crippen molar-refractivity contribution in [2.24, 2.45) is 0 Å². The highest BCUT2D eigenvalue weighted by atomic mass is 79.9. The van der Waals surface area contributed by atoms with E-state index in [9.17, 15) is 4.79 Å². The van der Waals surface area contributed by atoms with E-state index in [-0.39, 0.29) is 6.03 Å². The minimum Gasteiger partial charge on any atom is -0.492 e. The van der Waals surface area contributed by atoms with Gasteiger partial charge in [-0.15, -0.1) is 0 Å². The van der Waals surface area contributed by atoms with E-state index in [0.717, 1.165) is 10.2 Å². The topological polar surface area (TPSA) is 50.4 Å². The largest absolute Gasteiger partial charge is 0.492 e. The van der Waals surface area contributed by atoms with E-state index in [0.29, 0.717) is 23.9 Å². The third-order valence-electron chi connectivity index (χ3n) is 2.53. The van der Waals surface area contributed by atoms with Gasteiger partial charge in [0.1, 0.15) is 12.4 Å². The van der Waals surface area contributed by atoms with Gasteiger partial charge in [0, 0.05) is 15.2 Å². The Morgan fingerprint density at radius 3 is 2.76 bits per heavy atom. The standard InChI is InChI=1S/C15H14BrClN2O2/c16-11-3-1-6-14(9-11)21-8-7-18-15(20)19-13-5-2-4-12(17)10-13/h1-6,9-10H,7-8H2,(H2,18,19,20). The molecule has 4 nitrogen and oxygen atoms in total. The summed E-state index contributed by atoms with van der Waals surface area (Å²) in [5.41, 5.74) is 0.646. The fraction of sp³-hybridized carbons (Fsp3) is 0.133. The van der Waals surface area contributed by atoms with Crippen molar-refractivity contribution in [3.8, 4) is 5.75 Å². The third-order valence-corrected chi connectivity index (χ3v) is 3.26. The van der Waals surface area contributed by atoms with Crippen LogP contribution in [-0.4, -0.2) is 19.2 Å². The average molecular weight is 370 g/mol. The van der Waals surface area contributed by atoms with Crippen LogP contribution in [0.4, 0.5) is 10.5 Å². The summed E-state index contributed by atoms with van der Waals surface area (Å²) in [5.74, 6) is 0.751. The molecule has 0 heterocycles. The maximum Gasteiger partial charge on any atom is 0.319 e. The number of hydrogen-bond acceptors (Lipinski definition) is 2. The second-order valence-electron chi connectivity index (χ2n) is 4.20. The Hall–Kier alpha value is -1.72. The van der Waals surface area contributed by atoms with E-state index >= 15 is 0 Å². The van der Waals surface area contributed by atoms with Crippen molar-refractivity contribution in [3.05, 3.63) is 58.0 Å². The number of hydrogen-bond donors (Lipinski definition) is 2. The molecule has 6 heteroatoms. The monoisotopic (exact) mass is 368 g/mol. The lowest BCUT2D eigenvalue weighted by Crippen LogP contribution is -2.32. The van der Waals surface area contributed by atoms with E-state index in [1.807, 2.05) is 24.3 Å². The van der Waals surface area contributed by atoms with Gasteiger partial charge in [-0.2, -0.15) is 0 Å². The highest BCUT2D eigenvalue weighted by Crippen LogP contribution is 2.17. The number of amides is 2. The summed E-state index contributed by atoms with van der Waals surface area (Å²) in [7, 11) is 0. The van der Waals surface area contributed by atoms with Crippen LogP contribution < -0.4 is 15.4 Å². The quantitative estimate of drug-likeness (QED) is 0.772. The Bertz CT molecular complexity index is 622. The molecular weight excluding hydrogens is 356 g/mol. The first kappa shape index (κ1) is 15.7. The number of halogens is 2. The molecule has 0 bridgehead atoms. The summed E-state index contributed by atoms with van der Waals surface area (Å²) >= 11 is 9.21. The summed E-state index contributed by atoms with van der Waals surface area (Å²) in [4.78, 5) is 11.7. The molecule has 0 radical (unpaired) electrons. The highest BCUT2D eigenvalue weighted by molar-refractivity contribution is 9.10. The number of rotatable bonds is 5. The number of benzene rings is 2. The number of urea groups is 1. The van der Waals surface area contributed by atoms with Crippen LogP contribution in [-0.2, 0) is 0 Å². The number of carbonyl (C=O) groups is 1. The second-order valence-corrected chi connectivity index (χ2v) is 5.55. The number of nitrogens with one attached hydrogen (secondary N) is 2. The number of anilines is 1. The zero-order valence-corrected chi connectivity index (χ0v) is 13.4. The molecule has 0 aliphatic carbocycles. The van der Waals surface area contributed by atoms with Gasteiger partial charge in [-0.1, -0.05) is 39.7 Å². The van der Waals surface area contributed by atoms with E-state index < -0.39 is 0 Å². The van der Waals surface area contributed by atoms with Crippen molar-refractivity contribution < 1.29 is 9.53 Å². The maximum atomic E-state index is 11.7. The van der Waals surface area contributed by atoms with Gasteiger partial charge in [-0.25, -0.2) is 4.79 Å². The normalized spacial score (nSPS) is 10.0. The highest BCUT2D eigenvalue weighted by Gasteiger charge is 2.01. The predicted molar refractivity (Wildman–Crippen MR) is 88.1 cm³/mol. The van der Waals surface area contributed by atoms with E-state index in [4.69, 9.17) is 16.3 Å². The van der Waals surface area contributed by atoms with Gasteiger partial charge in [0.2, 0.25) is 0 Å². The first-order valence-corrected chi connectivity index (χ1v) is 7.49. The third kappa shape index (κ3) is 5.65. The molecule has 0 unspecified atom stereocenters. The molecule has 2 N–H and O–H groups in total. The van der Waals surface area contributed by atoms with Crippen molar-refractivity contribution in [1.29, 1.82) is 0 Å². The molecule has 0 aliphatic rings. The molecule has 0 saturated carbocycles. The fourth-order valence-electron chi connectivity index (χ4n) is 1.63. The molecule has 0 atom stereocenters. The lowest BCUT2D eigenvalue weighted by atomic mass is 10.3. The van der Waals surface area contributed by atoms with Crippen LogP contribution in [0.1, 0.15) is 0 Å². The second kappa shape index (κ2) is 7.90. The Labute approximate surface area is 136 Å². The van der Waals surface area contributed by atoms with E-state index in [1.165, 1.54) is 0 Å².